The highest BCUT2D eigenvalue weighted by Crippen LogP contribution is 2.17. The molecule has 1 unspecified atom stereocenters. The molecule has 2 rings (SSSR count). The summed E-state index contributed by atoms with van der Waals surface area (Å²) in [5, 5.41) is 12.9. The molecule has 1 heterocycles. The van der Waals surface area contributed by atoms with Gasteiger partial charge in [0.1, 0.15) is 6.26 Å². The van der Waals surface area contributed by atoms with Crippen LogP contribution in [0.2, 0.25) is 0 Å². The average Bonchev–Trinajstić information content (AvgIpc) is 2.83. The van der Waals surface area contributed by atoms with Crippen LogP contribution < -0.4 is 0 Å². The summed E-state index contributed by atoms with van der Waals surface area (Å²) in [5.74, 6) is -1.25. The summed E-state index contributed by atoms with van der Waals surface area (Å²) in [6, 6.07) is 7.85. The molecule has 1 aromatic heterocycles. The molecular weight excluding hydrogens is 230 g/mol. The van der Waals surface area contributed by atoms with E-state index in [4.69, 9.17) is 4.52 Å². The zero-order chi connectivity index (χ0) is 13.0. The van der Waals surface area contributed by atoms with Gasteiger partial charge in [0.05, 0.1) is 12.1 Å². The van der Waals surface area contributed by atoms with Crippen molar-refractivity contribution < 1.29 is 14.4 Å². The number of hydrogen-bond acceptors (Lipinski definition) is 3. The Kier molecular flexibility index (Phi) is 3.77. The van der Waals surface area contributed by atoms with E-state index in [0.717, 1.165) is 16.7 Å². The summed E-state index contributed by atoms with van der Waals surface area (Å²) >= 11 is 0. The summed E-state index contributed by atoms with van der Waals surface area (Å²) in [6.07, 6.45) is 4.02. The third-order valence-electron chi connectivity index (χ3n) is 3.04. The smallest absolute Gasteiger partial charge is 0.307 e. The van der Waals surface area contributed by atoms with Gasteiger partial charge in [-0.1, -0.05) is 29.4 Å². The number of nitrogens with zero attached hydrogens (tertiary/aromatic N) is 1. The van der Waals surface area contributed by atoms with Crippen LogP contribution in [0.3, 0.4) is 0 Å². The van der Waals surface area contributed by atoms with E-state index in [1.165, 1.54) is 6.26 Å². The molecule has 18 heavy (non-hydrogen) atoms. The largest absolute Gasteiger partial charge is 0.481 e. The maximum atomic E-state index is 11.3. The molecule has 0 spiro atoms. The molecule has 0 fully saturated rings. The average molecular weight is 245 g/mol. The Morgan fingerprint density at radius 3 is 2.78 bits per heavy atom. The van der Waals surface area contributed by atoms with Crippen molar-refractivity contribution in [1.29, 1.82) is 0 Å². The Morgan fingerprint density at radius 1 is 1.39 bits per heavy atom. The maximum Gasteiger partial charge on any atom is 0.307 e. The van der Waals surface area contributed by atoms with Gasteiger partial charge < -0.3 is 9.63 Å². The summed E-state index contributed by atoms with van der Waals surface area (Å²) in [6.45, 7) is 1.99. The first kappa shape index (κ1) is 12.4. The van der Waals surface area contributed by atoms with Gasteiger partial charge in [-0.15, -0.1) is 0 Å². The van der Waals surface area contributed by atoms with Crippen molar-refractivity contribution in [1.82, 2.24) is 5.16 Å². The highest BCUT2D eigenvalue weighted by molar-refractivity contribution is 5.71. The van der Waals surface area contributed by atoms with Gasteiger partial charge in [-0.25, -0.2) is 0 Å². The highest BCUT2D eigenvalue weighted by atomic mass is 16.5. The molecule has 0 radical (unpaired) electrons. The zero-order valence-electron chi connectivity index (χ0n) is 10.2. The molecule has 1 N–H and O–H groups in total. The second-order valence-electron chi connectivity index (χ2n) is 4.40. The van der Waals surface area contributed by atoms with Gasteiger partial charge in [0.2, 0.25) is 0 Å². The monoisotopic (exact) mass is 245 g/mol. The Labute approximate surface area is 105 Å². The van der Waals surface area contributed by atoms with Gasteiger partial charge in [-0.3, -0.25) is 4.79 Å². The fourth-order valence-electron chi connectivity index (χ4n) is 1.96. The number of aryl methyl sites for hydroxylation is 1. The van der Waals surface area contributed by atoms with Gasteiger partial charge in [-0.05, 0) is 30.9 Å². The van der Waals surface area contributed by atoms with Crippen LogP contribution in [0, 0.1) is 12.8 Å². The van der Waals surface area contributed by atoms with E-state index in [1.54, 1.807) is 6.20 Å². The van der Waals surface area contributed by atoms with Gasteiger partial charge in [0, 0.05) is 5.56 Å². The standard InChI is InChI=1S/C14H15NO3/c1-10-4-2-3-5-12(10)7-13(14(16)17)6-11-8-15-18-9-11/h2-5,8-9,13H,6-7H2,1H3,(H,16,17). The number of aliphatic carboxylic acids is 1. The molecule has 0 aliphatic rings. The molecule has 2 aromatic rings. The van der Waals surface area contributed by atoms with Crippen molar-refractivity contribution in [2.75, 3.05) is 0 Å². The molecule has 0 saturated heterocycles. The lowest BCUT2D eigenvalue weighted by Gasteiger charge is -2.12. The molecule has 94 valence electrons. The van der Waals surface area contributed by atoms with Crippen LogP contribution in [0.1, 0.15) is 16.7 Å². The first-order valence-corrected chi connectivity index (χ1v) is 5.82. The first-order valence-electron chi connectivity index (χ1n) is 5.82. The lowest BCUT2D eigenvalue weighted by atomic mass is 9.92. The number of carboxylic acids is 1. The number of hydrogen-bond donors (Lipinski definition) is 1. The SMILES string of the molecule is Cc1ccccc1CC(Cc1cnoc1)C(=O)O. The number of carboxylic acid groups (broad SMARTS) is 1. The normalized spacial score (nSPS) is 12.3. The van der Waals surface area contributed by atoms with Crippen LogP contribution in [-0.2, 0) is 17.6 Å². The minimum Gasteiger partial charge on any atom is -0.481 e. The van der Waals surface area contributed by atoms with Gasteiger partial charge in [0.15, 0.2) is 0 Å². The van der Waals surface area contributed by atoms with Gasteiger partial charge in [-0.2, -0.15) is 0 Å². The predicted octanol–water partition coefficient (Wildman–Crippen LogP) is 2.47. The lowest BCUT2D eigenvalue weighted by Crippen LogP contribution is -2.19. The summed E-state index contributed by atoms with van der Waals surface area (Å²) in [4.78, 5) is 11.3. The molecule has 0 aliphatic carbocycles. The first-order chi connectivity index (χ1) is 8.66. The number of aromatic nitrogens is 1. The van der Waals surface area contributed by atoms with Crippen LogP contribution in [0.4, 0.5) is 0 Å². The summed E-state index contributed by atoms with van der Waals surface area (Å²) < 4.78 is 4.73. The molecule has 1 atom stereocenters. The van der Waals surface area contributed by atoms with E-state index in [2.05, 4.69) is 5.16 Å². The van der Waals surface area contributed by atoms with Crippen molar-refractivity contribution in [2.45, 2.75) is 19.8 Å². The van der Waals surface area contributed by atoms with Gasteiger partial charge >= 0.3 is 5.97 Å². The van der Waals surface area contributed by atoms with Crippen LogP contribution in [-0.4, -0.2) is 16.2 Å². The minimum atomic E-state index is -0.792. The molecule has 0 aliphatic heterocycles. The van der Waals surface area contributed by atoms with Crippen LogP contribution in [0.15, 0.2) is 41.2 Å². The predicted molar refractivity (Wildman–Crippen MR) is 66.2 cm³/mol. The lowest BCUT2D eigenvalue weighted by molar-refractivity contribution is -0.141. The van der Waals surface area contributed by atoms with Crippen molar-refractivity contribution in [2.24, 2.45) is 5.92 Å². The third-order valence-corrected chi connectivity index (χ3v) is 3.04. The highest BCUT2D eigenvalue weighted by Gasteiger charge is 2.20. The molecule has 0 saturated carbocycles. The topological polar surface area (TPSA) is 63.3 Å². The summed E-state index contributed by atoms with van der Waals surface area (Å²) in [7, 11) is 0. The molecule has 0 bridgehead atoms. The van der Waals surface area contributed by atoms with E-state index in [9.17, 15) is 9.90 Å². The molecular formula is C14H15NO3. The van der Waals surface area contributed by atoms with E-state index < -0.39 is 11.9 Å². The van der Waals surface area contributed by atoms with Crippen molar-refractivity contribution in [3.05, 3.63) is 53.4 Å². The summed E-state index contributed by atoms with van der Waals surface area (Å²) in [5.41, 5.74) is 3.01. The van der Waals surface area contributed by atoms with Gasteiger partial charge in [0.25, 0.3) is 0 Å². The van der Waals surface area contributed by atoms with Crippen molar-refractivity contribution in [3.8, 4) is 0 Å². The second-order valence-corrected chi connectivity index (χ2v) is 4.40. The molecule has 1 aromatic carbocycles. The van der Waals surface area contributed by atoms with E-state index in [1.807, 2.05) is 31.2 Å². The van der Waals surface area contributed by atoms with E-state index in [-0.39, 0.29) is 0 Å². The Balaban J connectivity index is 2.12. The number of benzene rings is 1. The third kappa shape index (κ3) is 2.97. The van der Waals surface area contributed by atoms with Crippen molar-refractivity contribution >= 4 is 5.97 Å². The maximum absolute atomic E-state index is 11.3. The zero-order valence-corrected chi connectivity index (χ0v) is 10.2. The van der Waals surface area contributed by atoms with Crippen LogP contribution in [0.5, 0.6) is 0 Å². The number of rotatable bonds is 5. The quantitative estimate of drug-likeness (QED) is 0.878. The number of carbonyl (C=O) groups is 1. The Hall–Kier alpha value is -2.10. The Bertz CT molecular complexity index is 520. The fourth-order valence-corrected chi connectivity index (χ4v) is 1.96. The van der Waals surface area contributed by atoms with Crippen LogP contribution in [0.25, 0.3) is 0 Å². The molecule has 0 amide bonds. The second kappa shape index (κ2) is 5.49. The van der Waals surface area contributed by atoms with E-state index in [0.29, 0.717) is 12.8 Å². The van der Waals surface area contributed by atoms with Crippen molar-refractivity contribution in [3.63, 3.8) is 0 Å². The molecule has 4 nitrogen and oxygen atoms in total. The van der Waals surface area contributed by atoms with E-state index >= 15 is 0 Å². The Morgan fingerprint density at radius 2 is 2.17 bits per heavy atom. The molecule has 4 heteroatoms. The minimum absolute atomic E-state index is 0.438. The van der Waals surface area contributed by atoms with Crippen LogP contribution >= 0.6 is 0 Å². The fraction of sp³-hybridized carbons (Fsp3) is 0.286.